The molecule has 3 rings (SSSR count). The highest BCUT2D eigenvalue weighted by Crippen LogP contribution is 2.32. The molecule has 0 aliphatic heterocycles. The summed E-state index contributed by atoms with van der Waals surface area (Å²) in [6.07, 6.45) is 6.78. The number of hydrogen-bond acceptors (Lipinski definition) is 1. The molecule has 0 saturated carbocycles. The number of aryl methyl sites for hydroxylation is 2. The molecule has 2 aromatic carbocycles. The fourth-order valence-corrected chi connectivity index (χ4v) is 2.87. The molecule has 0 spiro atoms. The molecule has 0 aliphatic rings. The van der Waals surface area contributed by atoms with Gasteiger partial charge in [-0.15, -0.1) is 0 Å². The third kappa shape index (κ3) is 2.14. The largest absolute Gasteiger partial charge is 0.464 e. The predicted octanol–water partition coefficient (Wildman–Crippen LogP) is 5.63. The van der Waals surface area contributed by atoms with Gasteiger partial charge in [-0.2, -0.15) is 0 Å². The number of benzene rings is 2. The molecule has 19 heavy (non-hydrogen) atoms. The zero-order valence-electron chi connectivity index (χ0n) is 11.7. The number of unbranched alkanes of at least 4 members (excludes halogenated alkanes) is 2. The maximum atomic E-state index is 5.73. The number of furan rings is 1. The topological polar surface area (TPSA) is 13.1 Å². The van der Waals surface area contributed by atoms with Gasteiger partial charge in [0.05, 0.1) is 6.26 Å². The van der Waals surface area contributed by atoms with Crippen LogP contribution in [0.25, 0.3) is 21.7 Å². The van der Waals surface area contributed by atoms with E-state index < -0.39 is 0 Å². The summed E-state index contributed by atoms with van der Waals surface area (Å²) in [5.74, 6) is 0. The molecule has 0 unspecified atom stereocenters. The molecular formula is C18H20O. The Labute approximate surface area is 114 Å². The summed E-state index contributed by atoms with van der Waals surface area (Å²) in [6, 6.07) is 10.9. The molecule has 1 nitrogen and oxygen atoms in total. The van der Waals surface area contributed by atoms with E-state index in [0.717, 1.165) is 12.0 Å². The first-order valence-electron chi connectivity index (χ1n) is 7.19. The van der Waals surface area contributed by atoms with Gasteiger partial charge < -0.3 is 4.42 Å². The molecule has 0 aliphatic carbocycles. The predicted molar refractivity (Wildman–Crippen MR) is 81.7 cm³/mol. The lowest BCUT2D eigenvalue weighted by Gasteiger charge is -2.08. The molecule has 0 fully saturated rings. The van der Waals surface area contributed by atoms with Crippen molar-refractivity contribution in [2.45, 2.75) is 39.5 Å². The monoisotopic (exact) mass is 252 g/mol. The van der Waals surface area contributed by atoms with Crippen molar-refractivity contribution in [1.29, 1.82) is 0 Å². The lowest BCUT2D eigenvalue weighted by Crippen LogP contribution is -1.89. The quantitative estimate of drug-likeness (QED) is 0.549. The maximum absolute atomic E-state index is 5.73. The van der Waals surface area contributed by atoms with Gasteiger partial charge in [0.2, 0.25) is 0 Å². The number of rotatable bonds is 4. The summed E-state index contributed by atoms with van der Waals surface area (Å²) >= 11 is 0. The minimum atomic E-state index is 1.05. The van der Waals surface area contributed by atoms with Crippen molar-refractivity contribution < 1.29 is 4.42 Å². The van der Waals surface area contributed by atoms with Crippen molar-refractivity contribution >= 4 is 21.7 Å². The Bertz CT molecular complexity index is 706. The highest BCUT2D eigenvalue weighted by molar-refractivity contribution is 6.06. The first-order chi connectivity index (χ1) is 9.31. The van der Waals surface area contributed by atoms with Crippen LogP contribution in [0.3, 0.4) is 0 Å². The molecule has 1 heterocycles. The first-order valence-corrected chi connectivity index (χ1v) is 7.19. The van der Waals surface area contributed by atoms with E-state index in [4.69, 9.17) is 4.42 Å². The Morgan fingerprint density at radius 1 is 1.00 bits per heavy atom. The van der Waals surface area contributed by atoms with Gasteiger partial charge >= 0.3 is 0 Å². The molecule has 1 aromatic heterocycles. The standard InChI is InChI=1S/C18H20O/c1-3-4-5-8-14-12-17-13(2)7-6-9-16(17)18-15(14)10-11-19-18/h6-7,9-12H,3-5,8H2,1-2H3. The van der Waals surface area contributed by atoms with Crippen LogP contribution in [0, 0.1) is 6.92 Å². The van der Waals surface area contributed by atoms with E-state index in [0.29, 0.717) is 0 Å². The Kier molecular flexibility index (Phi) is 3.29. The second kappa shape index (κ2) is 5.08. The van der Waals surface area contributed by atoms with Crippen LogP contribution < -0.4 is 0 Å². The van der Waals surface area contributed by atoms with E-state index in [1.165, 1.54) is 46.5 Å². The van der Waals surface area contributed by atoms with Crippen molar-refractivity contribution in [2.75, 3.05) is 0 Å². The molecule has 0 amide bonds. The normalized spacial score (nSPS) is 11.5. The van der Waals surface area contributed by atoms with E-state index in [1.807, 2.05) is 6.26 Å². The van der Waals surface area contributed by atoms with Crippen molar-refractivity contribution in [3.8, 4) is 0 Å². The smallest absolute Gasteiger partial charge is 0.141 e. The number of fused-ring (bicyclic) bond motifs is 3. The highest BCUT2D eigenvalue weighted by Gasteiger charge is 2.10. The SMILES string of the molecule is CCCCCc1cc2c(C)cccc2c2occc12. The van der Waals surface area contributed by atoms with Crippen molar-refractivity contribution in [3.63, 3.8) is 0 Å². The van der Waals surface area contributed by atoms with E-state index >= 15 is 0 Å². The molecule has 98 valence electrons. The van der Waals surface area contributed by atoms with Crippen molar-refractivity contribution in [3.05, 3.63) is 47.7 Å². The zero-order valence-corrected chi connectivity index (χ0v) is 11.7. The van der Waals surface area contributed by atoms with Crippen LogP contribution in [-0.4, -0.2) is 0 Å². The number of hydrogen-bond donors (Lipinski definition) is 0. The molecule has 0 atom stereocenters. The third-order valence-corrected chi connectivity index (χ3v) is 3.95. The van der Waals surface area contributed by atoms with Gasteiger partial charge in [0, 0.05) is 10.8 Å². The fourth-order valence-electron chi connectivity index (χ4n) is 2.87. The Morgan fingerprint density at radius 2 is 1.89 bits per heavy atom. The maximum Gasteiger partial charge on any atom is 0.141 e. The van der Waals surface area contributed by atoms with Crippen molar-refractivity contribution in [1.82, 2.24) is 0 Å². The van der Waals surface area contributed by atoms with E-state index in [2.05, 4.69) is 44.2 Å². The van der Waals surface area contributed by atoms with E-state index in [9.17, 15) is 0 Å². The molecule has 0 N–H and O–H groups in total. The summed E-state index contributed by atoms with van der Waals surface area (Å²) in [7, 11) is 0. The summed E-state index contributed by atoms with van der Waals surface area (Å²) in [4.78, 5) is 0. The molecular weight excluding hydrogens is 232 g/mol. The highest BCUT2D eigenvalue weighted by atomic mass is 16.3. The summed E-state index contributed by atoms with van der Waals surface area (Å²) in [5, 5.41) is 3.85. The van der Waals surface area contributed by atoms with Gasteiger partial charge in [0.15, 0.2) is 0 Å². The Balaban J connectivity index is 2.18. The molecule has 3 aromatic rings. The molecule has 0 saturated heterocycles. The zero-order chi connectivity index (χ0) is 13.2. The first kappa shape index (κ1) is 12.3. The van der Waals surface area contributed by atoms with Crippen molar-refractivity contribution in [2.24, 2.45) is 0 Å². The van der Waals surface area contributed by atoms with Crippen LogP contribution in [0.2, 0.25) is 0 Å². The van der Waals surface area contributed by atoms with E-state index in [1.54, 1.807) is 0 Å². The summed E-state index contributed by atoms with van der Waals surface area (Å²) in [6.45, 7) is 4.42. The van der Waals surface area contributed by atoms with Gasteiger partial charge in [-0.1, -0.05) is 44.0 Å². The Hall–Kier alpha value is -1.76. The summed E-state index contributed by atoms with van der Waals surface area (Å²) < 4.78 is 5.73. The lowest BCUT2D eigenvalue weighted by molar-refractivity contribution is 0.619. The molecule has 0 radical (unpaired) electrons. The fraction of sp³-hybridized carbons (Fsp3) is 0.333. The second-order valence-electron chi connectivity index (χ2n) is 5.33. The van der Waals surface area contributed by atoms with E-state index in [-0.39, 0.29) is 0 Å². The molecule has 1 heteroatoms. The minimum absolute atomic E-state index is 1.05. The van der Waals surface area contributed by atoms with Crippen LogP contribution in [-0.2, 0) is 6.42 Å². The van der Waals surface area contributed by atoms with Gasteiger partial charge in [-0.05, 0) is 42.3 Å². The third-order valence-electron chi connectivity index (χ3n) is 3.95. The summed E-state index contributed by atoms with van der Waals surface area (Å²) in [5.41, 5.74) is 3.80. The van der Waals surface area contributed by atoms with Crippen LogP contribution >= 0.6 is 0 Å². The Morgan fingerprint density at radius 3 is 2.74 bits per heavy atom. The van der Waals surface area contributed by atoms with Crippen LogP contribution in [0.4, 0.5) is 0 Å². The average molecular weight is 252 g/mol. The van der Waals surface area contributed by atoms with Gasteiger partial charge in [-0.3, -0.25) is 0 Å². The second-order valence-corrected chi connectivity index (χ2v) is 5.33. The van der Waals surface area contributed by atoms with Gasteiger partial charge in [0.1, 0.15) is 5.58 Å². The van der Waals surface area contributed by atoms with Gasteiger partial charge in [-0.25, -0.2) is 0 Å². The van der Waals surface area contributed by atoms with Gasteiger partial charge in [0.25, 0.3) is 0 Å². The molecule has 0 bridgehead atoms. The lowest BCUT2D eigenvalue weighted by atomic mass is 9.96. The average Bonchev–Trinajstić information content (AvgIpc) is 2.90. The van der Waals surface area contributed by atoms with Crippen LogP contribution in [0.1, 0.15) is 37.3 Å². The van der Waals surface area contributed by atoms with Crippen LogP contribution in [0.15, 0.2) is 41.0 Å². The minimum Gasteiger partial charge on any atom is -0.464 e. The van der Waals surface area contributed by atoms with Crippen LogP contribution in [0.5, 0.6) is 0 Å².